The molecule has 19 heavy (non-hydrogen) atoms. The van der Waals surface area contributed by atoms with Crippen LogP contribution in [0, 0.1) is 5.92 Å². The predicted octanol–water partition coefficient (Wildman–Crippen LogP) is 1.44. The molecule has 1 amide bonds. The smallest absolute Gasteiger partial charge is 0.339 e. The largest absolute Gasteiger partial charge is 0.465 e. The van der Waals surface area contributed by atoms with Crippen LogP contribution < -0.4 is 10.6 Å². The number of ether oxygens (including phenoxy) is 1. The standard InChI is InChI=1S/C13H15ClN2O3/c1-19-13(18)10-3-2-9(14)5-11(10)16-7-8(6-15)4-12(16)17/h2-3,5,8H,4,6-7,15H2,1H3. The average molecular weight is 283 g/mol. The van der Waals surface area contributed by atoms with E-state index in [1.165, 1.54) is 7.11 Å². The van der Waals surface area contributed by atoms with E-state index in [2.05, 4.69) is 0 Å². The van der Waals surface area contributed by atoms with Gasteiger partial charge >= 0.3 is 5.97 Å². The van der Waals surface area contributed by atoms with Gasteiger partial charge in [-0.25, -0.2) is 4.79 Å². The Kier molecular flexibility index (Phi) is 4.07. The number of anilines is 1. The average Bonchev–Trinajstić information content (AvgIpc) is 2.79. The molecule has 1 aromatic rings. The highest BCUT2D eigenvalue weighted by molar-refractivity contribution is 6.31. The summed E-state index contributed by atoms with van der Waals surface area (Å²) in [6.07, 6.45) is 0.392. The quantitative estimate of drug-likeness (QED) is 0.852. The normalized spacial score (nSPS) is 18.8. The predicted molar refractivity (Wildman–Crippen MR) is 72.3 cm³/mol. The van der Waals surface area contributed by atoms with E-state index in [1.807, 2.05) is 0 Å². The third-order valence-corrected chi connectivity index (χ3v) is 3.43. The lowest BCUT2D eigenvalue weighted by molar-refractivity contribution is -0.117. The Labute approximate surface area is 116 Å². The molecule has 6 heteroatoms. The zero-order valence-electron chi connectivity index (χ0n) is 10.6. The van der Waals surface area contributed by atoms with Crippen LogP contribution in [0.2, 0.25) is 5.02 Å². The van der Waals surface area contributed by atoms with Crippen LogP contribution in [0.5, 0.6) is 0 Å². The Hall–Kier alpha value is -1.59. The van der Waals surface area contributed by atoms with Crippen molar-refractivity contribution in [3.05, 3.63) is 28.8 Å². The maximum absolute atomic E-state index is 12.0. The van der Waals surface area contributed by atoms with Gasteiger partial charge in [-0.1, -0.05) is 11.6 Å². The molecule has 1 heterocycles. The van der Waals surface area contributed by atoms with Gasteiger partial charge in [0.25, 0.3) is 0 Å². The van der Waals surface area contributed by atoms with E-state index in [-0.39, 0.29) is 11.8 Å². The highest BCUT2D eigenvalue weighted by Gasteiger charge is 2.32. The second-order valence-corrected chi connectivity index (χ2v) is 4.90. The Morgan fingerprint density at radius 3 is 2.89 bits per heavy atom. The van der Waals surface area contributed by atoms with E-state index >= 15 is 0 Å². The lowest BCUT2D eigenvalue weighted by Gasteiger charge is -2.19. The van der Waals surface area contributed by atoms with Crippen LogP contribution in [-0.4, -0.2) is 32.1 Å². The minimum atomic E-state index is -0.490. The van der Waals surface area contributed by atoms with Gasteiger partial charge in [0.05, 0.1) is 18.4 Å². The van der Waals surface area contributed by atoms with Gasteiger partial charge in [0.15, 0.2) is 0 Å². The maximum atomic E-state index is 12.0. The van der Waals surface area contributed by atoms with E-state index in [0.717, 1.165) is 0 Å². The first-order chi connectivity index (χ1) is 9.06. The molecule has 1 saturated heterocycles. The van der Waals surface area contributed by atoms with Crippen molar-refractivity contribution >= 4 is 29.2 Å². The summed E-state index contributed by atoms with van der Waals surface area (Å²) in [6.45, 7) is 0.941. The third-order valence-electron chi connectivity index (χ3n) is 3.19. The Balaban J connectivity index is 2.41. The van der Waals surface area contributed by atoms with Crippen molar-refractivity contribution in [2.24, 2.45) is 11.7 Å². The molecule has 102 valence electrons. The summed E-state index contributed by atoms with van der Waals surface area (Å²) in [7, 11) is 1.30. The number of hydrogen-bond acceptors (Lipinski definition) is 4. The van der Waals surface area contributed by atoms with Gasteiger partial charge < -0.3 is 15.4 Å². The van der Waals surface area contributed by atoms with E-state index < -0.39 is 5.97 Å². The molecule has 1 unspecified atom stereocenters. The molecule has 2 N–H and O–H groups in total. The summed E-state index contributed by atoms with van der Waals surface area (Å²) in [4.78, 5) is 25.3. The molecule has 2 rings (SSSR count). The number of carbonyl (C=O) groups is 2. The van der Waals surface area contributed by atoms with Crippen molar-refractivity contribution in [2.45, 2.75) is 6.42 Å². The first kappa shape index (κ1) is 13.8. The van der Waals surface area contributed by atoms with Gasteiger partial charge in [0.1, 0.15) is 0 Å². The number of hydrogen-bond donors (Lipinski definition) is 1. The Bertz CT molecular complexity index is 519. The molecule has 0 radical (unpaired) electrons. The molecule has 0 saturated carbocycles. The highest BCUT2D eigenvalue weighted by atomic mass is 35.5. The molecule has 0 aliphatic carbocycles. The summed E-state index contributed by atoms with van der Waals surface area (Å²) in [5.74, 6) is -0.435. The lowest BCUT2D eigenvalue weighted by Crippen LogP contribution is -2.27. The molecular weight excluding hydrogens is 268 g/mol. The summed E-state index contributed by atoms with van der Waals surface area (Å²) < 4.78 is 4.72. The van der Waals surface area contributed by atoms with Gasteiger partial charge in [-0.05, 0) is 30.7 Å². The van der Waals surface area contributed by atoms with Crippen molar-refractivity contribution in [3.8, 4) is 0 Å². The minimum absolute atomic E-state index is 0.0529. The molecule has 1 atom stereocenters. The number of halogens is 1. The van der Waals surface area contributed by atoms with E-state index in [1.54, 1.807) is 23.1 Å². The molecular formula is C13H15ClN2O3. The van der Waals surface area contributed by atoms with E-state index in [9.17, 15) is 9.59 Å². The third kappa shape index (κ3) is 2.72. The SMILES string of the molecule is COC(=O)c1ccc(Cl)cc1N1CC(CN)CC1=O. The Morgan fingerprint density at radius 1 is 1.58 bits per heavy atom. The number of methoxy groups -OCH3 is 1. The van der Waals surface area contributed by atoms with Crippen molar-refractivity contribution in [2.75, 3.05) is 25.1 Å². The topological polar surface area (TPSA) is 72.6 Å². The van der Waals surface area contributed by atoms with Crippen LogP contribution in [0.1, 0.15) is 16.8 Å². The monoisotopic (exact) mass is 282 g/mol. The van der Waals surface area contributed by atoms with Crippen LogP contribution in [-0.2, 0) is 9.53 Å². The summed E-state index contributed by atoms with van der Waals surface area (Å²) in [5.41, 5.74) is 6.41. The molecule has 0 spiro atoms. The number of rotatable bonds is 3. The molecule has 1 aromatic carbocycles. The first-order valence-corrected chi connectivity index (χ1v) is 6.33. The number of esters is 1. The van der Waals surface area contributed by atoms with Crippen molar-refractivity contribution in [3.63, 3.8) is 0 Å². The van der Waals surface area contributed by atoms with Gasteiger partial charge in [0.2, 0.25) is 5.91 Å². The van der Waals surface area contributed by atoms with Crippen LogP contribution in [0.25, 0.3) is 0 Å². The number of amides is 1. The fourth-order valence-electron chi connectivity index (χ4n) is 2.18. The first-order valence-electron chi connectivity index (χ1n) is 5.95. The van der Waals surface area contributed by atoms with E-state index in [4.69, 9.17) is 22.1 Å². The zero-order valence-corrected chi connectivity index (χ0v) is 11.3. The number of nitrogens with zero attached hydrogens (tertiary/aromatic N) is 1. The second-order valence-electron chi connectivity index (χ2n) is 4.46. The van der Waals surface area contributed by atoms with Gasteiger partial charge in [0, 0.05) is 18.0 Å². The molecule has 1 aliphatic heterocycles. The fourth-order valence-corrected chi connectivity index (χ4v) is 2.35. The van der Waals surface area contributed by atoms with Gasteiger partial charge in [-0.15, -0.1) is 0 Å². The summed E-state index contributed by atoms with van der Waals surface area (Å²) in [6, 6.07) is 4.76. The minimum Gasteiger partial charge on any atom is -0.465 e. The maximum Gasteiger partial charge on any atom is 0.339 e. The number of carbonyl (C=O) groups excluding carboxylic acids is 2. The number of nitrogens with two attached hydrogens (primary N) is 1. The summed E-state index contributed by atoms with van der Waals surface area (Å²) in [5, 5.41) is 0.464. The van der Waals surface area contributed by atoms with Gasteiger partial charge in [-0.2, -0.15) is 0 Å². The van der Waals surface area contributed by atoms with Gasteiger partial charge in [-0.3, -0.25) is 4.79 Å². The molecule has 0 aromatic heterocycles. The fraction of sp³-hybridized carbons (Fsp3) is 0.385. The van der Waals surface area contributed by atoms with Crippen molar-refractivity contribution in [1.82, 2.24) is 0 Å². The van der Waals surface area contributed by atoms with Crippen molar-refractivity contribution in [1.29, 1.82) is 0 Å². The second kappa shape index (κ2) is 5.59. The molecule has 5 nitrogen and oxygen atoms in total. The van der Waals surface area contributed by atoms with Crippen LogP contribution in [0.3, 0.4) is 0 Å². The molecule has 1 aliphatic rings. The lowest BCUT2D eigenvalue weighted by atomic mass is 10.1. The number of benzene rings is 1. The van der Waals surface area contributed by atoms with E-state index in [0.29, 0.717) is 35.8 Å². The highest BCUT2D eigenvalue weighted by Crippen LogP contribution is 2.30. The molecule has 1 fully saturated rings. The van der Waals surface area contributed by atoms with Crippen LogP contribution in [0.4, 0.5) is 5.69 Å². The Morgan fingerprint density at radius 2 is 2.32 bits per heavy atom. The van der Waals surface area contributed by atoms with Crippen LogP contribution in [0.15, 0.2) is 18.2 Å². The summed E-state index contributed by atoms with van der Waals surface area (Å²) >= 11 is 5.95. The molecule has 0 bridgehead atoms. The van der Waals surface area contributed by atoms with Crippen molar-refractivity contribution < 1.29 is 14.3 Å². The zero-order chi connectivity index (χ0) is 14.0. The van der Waals surface area contributed by atoms with Crippen LogP contribution >= 0.6 is 11.6 Å².